The molecule has 11 nitrogen and oxygen atoms in total. The largest absolute Gasteiger partial charge is 0.461 e. The molecule has 11 heteroatoms. The van der Waals surface area contributed by atoms with Crippen LogP contribution in [-0.4, -0.2) is 46.3 Å². The first kappa shape index (κ1) is 21.2. The summed E-state index contributed by atoms with van der Waals surface area (Å²) in [6, 6.07) is 7.72. The van der Waals surface area contributed by atoms with Gasteiger partial charge >= 0.3 is 5.97 Å². The van der Waals surface area contributed by atoms with Crippen LogP contribution >= 0.6 is 0 Å². The highest BCUT2D eigenvalue weighted by molar-refractivity contribution is 5.94. The third-order valence-corrected chi connectivity index (χ3v) is 4.70. The van der Waals surface area contributed by atoms with E-state index in [1.165, 1.54) is 0 Å². The first-order valence-corrected chi connectivity index (χ1v) is 10.2. The van der Waals surface area contributed by atoms with Gasteiger partial charge in [-0.2, -0.15) is 4.98 Å². The maximum atomic E-state index is 12.3. The van der Waals surface area contributed by atoms with Crippen molar-refractivity contribution in [3.63, 3.8) is 0 Å². The number of nitrogens with zero attached hydrogens (tertiary/aromatic N) is 3. The van der Waals surface area contributed by atoms with Crippen LogP contribution in [-0.2, 0) is 14.3 Å². The molecule has 1 atom stereocenters. The smallest absolute Gasteiger partial charge is 0.355 e. The highest BCUT2D eigenvalue weighted by Crippen LogP contribution is 2.26. The van der Waals surface area contributed by atoms with E-state index < -0.39 is 12.1 Å². The number of carbonyl (C=O) groups excluding carboxylic acids is 2. The average molecular weight is 437 g/mol. The number of ether oxygens (including phenoxy) is 1. The summed E-state index contributed by atoms with van der Waals surface area (Å²) in [5.41, 5.74) is 6.58. The Kier molecular flexibility index (Phi) is 6.26. The number of rotatable bonds is 8. The molecule has 1 unspecified atom stereocenters. The van der Waals surface area contributed by atoms with Gasteiger partial charge in [0.25, 0.3) is 0 Å². The standard InChI is InChI=1S/C21H23N7O4/c1-3-31-21(30)16-11-17(27-26-16)25-18(29)7-9-23-20-15-10-14(19-24-12(2)32-28-19)5-4-13(15)6-8-22-20/h4-6,8,10-11,17,26-27H,3,7,9H2,1-2H3,(H,22,23)(H,25,29). The molecule has 0 radical (unpaired) electrons. The lowest BCUT2D eigenvalue weighted by Gasteiger charge is -2.12. The van der Waals surface area contributed by atoms with Crippen molar-refractivity contribution < 1.29 is 18.8 Å². The lowest BCUT2D eigenvalue weighted by molar-refractivity contribution is -0.138. The molecule has 1 aliphatic heterocycles. The predicted molar refractivity (Wildman–Crippen MR) is 116 cm³/mol. The molecule has 3 heterocycles. The summed E-state index contributed by atoms with van der Waals surface area (Å²) >= 11 is 0. The van der Waals surface area contributed by atoms with E-state index in [9.17, 15) is 9.59 Å². The fourth-order valence-corrected chi connectivity index (χ4v) is 3.22. The Balaban J connectivity index is 1.36. The highest BCUT2D eigenvalue weighted by atomic mass is 16.5. The number of anilines is 1. The molecule has 4 rings (SSSR count). The molecule has 0 aliphatic carbocycles. The SMILES string of the molecule is CCOC(=O)C1=CC(NC(=O)CCNc2nccc3ccc(-c4noc(C)n4)cc23)NN1. The van der Waals surface area contributed by atoms with Gasteiger partial charge in [-0.15, -0.1) is 0 Å². The molecule has 0 saturated heterocycles. The van der Waals surface area contributed by atoms with Crippen molar-refractivity contribution in [1.82, 2.24) is 31.3 Å². The Bertz CT molecular complexity index is 1170. The second kappa shape index (κ2) is 9.43. The van der Waals surface area contributed by atoms with Crippen molar-refractivity contribution in [2.24, 2.45) is 0 Å². The number of aryl methyl sites for hydroxylation is 1. The molecule has 0 fully saturated rings. The third kappa shape index (κ3) is 4.83. The maximum Gasteiger partial charge on any atom is 0.355 e. The van der Waals surface area contributed by atoms with Crippen LogP contribution in [0.1, 0.15) is 19.2 Å². The monoisotopic (exact) mass is 437 g/mol. The number of hydrazine groups is 1. The number of pyridine rings is 1. The molecule has 166 valence electrons. The second-order valence-corrected chi connectivity index (χ2v) is 7.02. The fourth-order valence-electron chi connectivity index (χ4n) is 3.22. The van der Waals surface area contributed by atoms with E-state index >= 15 is 0 Å². The Hall–Kier alpha value is -3.99. The normalized spacial score (nSPS) is 15.2. The Morgan fingerprint density at radius 3 is 2.94 bits per heavy atom. The Morgan fingerprint density at radius 2 is 2.16 bits per heavy atom. The van der Waals surface area contributed by atoms with Gasteiger partial charge in [-0.25, -0.2) is 15.2 Å². The highest BCUT2D eigenvalue weighted by Gasteiger charge is 2.21. The minimum Gasteiger partial charge on any atom is -0.461 e. The van der Waals surface area contributed by atoms with Crippen LogP contribution in [0.3, 0.4) is 0 Å². The van der Waals surface area contributed by atoms with Crippen LogP contribution in [0.25, 0.3) is 22.2 Å². The van der Waals surface area contributed by atoms with Crippen molar-refractivity contribution in [2.45, 2.75) is 26.4 Å². The molecular weight excluding hydrogens is 414 g/mol. The van der Waals surface area contributed by atoms with Crippen molar-refractivity contribution in [2.75, 3.05) is 18.5 Å². The molecular formula is C21H23N7O4. The van der Waals surface area contributed by atoms with Gasteiger partial charge in [0.05, 0.1) is 6.61 Å². The number of amides is 1. The minimum absolute atomic E-state index is 0.193. The van der Waals surface area contributed by atoms with Gasteiger partial charge < -0.3 is 25.3 Å². The van der Waals surface area contributed by atoms with E-state index in [4.69, 9.17) is 9.26 Å². The minimum atomic E-state index is -0.501. The van der Waals surface area contributed by atoms with Crippen LogP contribution in [0.15, 0.2) is 46.8 Å². The van der Waals surface area contributed by atoms with Gasteiger partial charge in [-0.1, -0.05) is 17.3 Å². The zero-order valence-corrected chi connectivity index (χ0v) is 17.6. The average Bonchev–Trinajstić information content (AvgIpc) is 3.43. The maximum absolute atomic E-state index is 12.3. The molecule has 0 bridgehead atoms. The lowest BCUT2D eigenvalue weighted by atomic mass is 10.1. The van der Waals surface area contributed by atoms with E-state index in [0.29, 0.717) is 24.1 Å². The quantitative estimate of drug-likeness (QED) is 0.382. The number of hydrogen-bond acceptors (Lipinski definition) is 10. The number of benzene rings is 1. The van der Waals surface area contributed by atoms with Gasteiger partial charge in [0.1, 0.15) is 17.7 Å². The Labute approximate surface area is 183 Å². The molecule has 3 aromatic rings. The van der Waals surface area contributed by atoms with Crippen molar-refractivity contribution in [1.29, 1.82) is 0 Å². The molecule has 1 aliphatic rings. The van der Waals surface area contributed by atoms with E-state index in [1.807, 2.05) is 24.3 Å². The summed E-state index contributed by atoms with van der Waals surface area (Å²) in [5, 5.41) is 11.8. The molecule has 0 saturated carbocycles. The fraction of sp³-hybridized carbons (Fsp3) is 0.286. The van der Waals surface area contributed by atoms with Crippen LogP contribution < -0.4 is 21.5 Å². The lowest BCUT2D eigenvalue weighted by Crippen LogP contribution is -2.45. The molecule has 2 aromatic heterocycles. The number of carbonyl (C=O) groups is 2. The molecule has 32 heavy (non-hydrogen) atoms. The number of fused-ring (bicyclic) bond motifs is 1. The topological polar surface area (TPSA) is 143 Å². The van der Waals surface area contributed by atoms with E-state index in [1.54, 1.807) is 26.1 Å². The van der Waals surface area contributed by atoms with Gasteiger partial charge in [0, 0.05) is 37.0 Å². The summed E-state index contributed by atoms with van der Waals surface area (Å²) < 4.78 is 9.98. The predicted octanol–water partition coefficient (Wildman–Crippen LogP) is 1.39. The zero-order valence-electron chi connectivity index (χ0n) is 17.6. The summed E-state index contributed by atoms with van der Waals surface area (Å²) in [7, 11) is 0. The van der Waals surface area contributed by atoms with Crippen LogP contribution in [0.2, 0.25) is 0 Å². The van der Waals surface area contributed by atoms with E-state index in [-0.39, 0.29) is 24.6 Å². The van der Waals surface area contributed by atoms with Gasteiger partial charge in [0.2, 0.25) is 17.6 Å². The van der Waals surface area contributed by atoms with E-state index in [2.05, 4.69) is 36.6 Å². The third-order valence-electron chi connectivity index (χ3n) is 4.70. The van der Waals surface area contributed by atoms with Crippen LogP contribution in [0, 0.1) is 6.92 Å². The number of nitrogens with one attached hydrogen (secondary N) is 4. The zero-order chi connectivity index (χ0) is 22.5. The molecule has 0 spiro atoms. The molecule has 4 N–H and O–H groups in total. The van der Waals surface area contributed by atoms with Crippen molar-refractivity contribution in [3.8, 4) is 11.4 Å². The van der Waals surface area contributed by atoms with Crippen molar-refractivity contribution in [3.05, 3.63) is 48.1 Å². The molecule has 1 amide bonds. The first-order chi connectivity index (χ1) is 15.5. The number of esters is 1. The van der Waals surface area contributed by atoms with Crippen LogP contribution in [0.5, 0.6) is 0 Å². The van der Waals surface area contributed by atoms with Gasteiger partial charge in [-0.3, -0.25) is 4.79 Å². The van der Waals surface area contributed by atoms with E-state index in [0.717, 1.165) is 16.3 Å². The van der Waals surface area contributed by atoms with Crippen LogP contribution in [0.4, 0.5) is 5.82 Å². The first-order valence-electron chi connectivity index (χ1n) is 10.2. The van der Waals surface area contributed by atoms with Crippen molar-refractivity contribution >= 4 is 28.5 Å². The summed E-state index contributed by atoms with van der Waals surface area (Å²) in [4.78, 5) is 32.6. The van der Waals surface area contributed by atoms with Gasteiger partial charge in [0.15, 0.2) is 0 Å². The summed E-state index contributed by atoms with van der Waals surface area (Å²) in [6.45, 7) is 4.11. The summed E-state index contributed by atoms with van der Waals surface area (Å²) in [5.74, 6) is 0.984. The number of aromatic nitrogens is 3. The number of hydrogen-bond donors (Lipinski definition) is 4. The second-order valence-electron chi connectivity index (χ2n) is 7.02. The summed E-state index contributed by atoms with van der Waals surface area (Å²) in [6.07, 6.45) is 2.98. The molecule has 1 aromatic carbocycles. The van der Waals surface area contributed by atoms with Gasteiger partial charge in [-0.05, 0) is 30.5 Å². The Morgan fingerprint density at radius 1 is 1.28 bits per heavy atom.